The molecule has 0 saturated carbocycles. The Morgan fingerprint density at radius 2 is 2.08 bits per heavy atom. The Morgan fingerprint density at radius 1 is 1.38 bits per heavy atom. The number of hydrogen-bond donors (Lipinski definition) is 2. The van der Waals surface area contributed by atoms with E-state index in [9.17, 15) is 4.79 Å². The largest absolute Gasteiger partial charge is 0.489 e. The Labute approximate surface area is 160 Å². The number of aliphatic imine (C=N–C) groups is 1. The molecule has 7 heteroatoms. The molecule has 0 aliphatic rings. The Balaban J connectivity index is 0.00000529. The molecule has 24 heavy (non-hydrogen) atoms. The summed E-state index contributed by atoms with van der Waals surface area (Å²) in [4.78, 5) is 15.5. The van der Waals surface area contributed by atoms with Gasteiger partial charge in [-0.15, -0.1) is 24.0 Å². The summed E-state index contributed by atoms with van der Waals surface area (Å²) in [6.07, 6.45) is 1.71. The minimum Gasteiger partial charge on any atom is -0.489 e. The number of rotatable bonds is 8. The molecule has 0 radical (unpaired) electrons. The molecule has 1 aromatic carbocycles. The number of nitrogens with zero attached hydrogens (tertiary/aromatic N) is 1. The zero-order valence-electron chi connectivity index (χ0n) is 14.4. The van der Waals surface area contributed by atoms with Gasteiger partial charge < -0.3 is 20.1 Å². The first-order valence-corrected chi connectivity index (χ1v) is 7.46. The molecule has 0 aliphatic carbocycles. The molecular weight excluding hydrogens is 421 g/mol. The van der Waals surface area contributed by atoms with Crippen LogP contribution in [0.25, 0.3) is 0 Å². The van der Waals surface area contributed by atoms with E-state index < -0.39 is 0 Å². The van der Waals surface area contributed by atoms with Crippen molar-refractivity contribution in [3.05, 3.63) is 42.5 Å². The van der Waals surface area contributed by atoms with E-state index in [4.69, 9.17) is 9.47 Å². The number of esters is 1. The molecule has 2 N–H and O–H groups in total. The highest BCUT2D eigenvalue weighted by Gasteiger charge is 2.13. The second-order valence-corrected chi connectivity index (χ2v) is 4.94. The maximum atomic E-state index is 11.4. The SMILES string of the molecule is C=CCOc1ccccc1CNC(=NC)NCC(C)C(=O)OC.I. The predicted octanol–water partition coefficient (Wildman–Crippen LogP) is 2.34. The summed E-state index contributed by atoms with van der Waals surface area (Å²) in [7, 11) is 3.06. The van der Waals surface area contributed by atoms with Gasteiger partial charge in [-0.3, -0.25) is 9.79 Å². The van der Waals surface area contributed by atoms with Crippen LogP contribution in [0.15, 0.2) is 41.9 Å². The van der Waals surface area contributed by atoms with Gasteiger partial charge in [-0.1, -0.05) is 37.8 Å². The summed E-state index contributed by atoms with van der Waals surface area (Å²) in [6.45, 7) is 6.90. The second-order valence-electron chi connectivity index (χ2n) is 4.94. The van der Waals surface area contributed by atoms with E-state index in [1.807, 2.05) is 24.3 Å². The predicted molar refractivity (Wildman–Crippen MR) is 107 cm³/mol. The minimum absolute atomic E-state index is 0. The first-order valence-electron chi connectivity index (χ1n) is 7.46. The van der Waals surface area contributed by atoms with E-state index in [2.05, 4.69) is 22.2 Å². The average molecular weight is 447 g/mol. The third kappa shape index (κ3) is 7.67. The van der Waals surface area contributed by atoms with Crippen LogP contribution in [0.4, 0.5) is 0 Å². The standard InChI is InChI=1S/C17H25N3O3.HI/c1-5-10-23-15-9-7-6-8-14(15)12-20-17(18-3)19-11-13(2)16(21)22-4;/h5-9,13H,1,10-12H2,2-4H3,(H2,18,19,20);1H. The van der Waals surface area contributed by atoms with Crippen molar-refractivity contribution in [3.8, 4) is 5.75 Å². The topological polar surface area (TPSA) is 72.0 Å². The summed E-state index contributed by atoms with van der Waals surface area (Å²) in [5.74, 6) is 0.912. The molecule has 1 aromatic rings. The number of guanidine groups is 1. The van der Waals surface area contributed by atoms with Crippen molar-refractivity contribution in [2.75, 3.05) is 27.3 Å². The molecule has 0 bridgehead atoms. The number of hydrogen-bond acceptors (Lipinski definition) is 4. The molecule has 1 atom stereocenters. The lowest BCUT2D eigenvalue weighted by molar-refractivity contribution is -0.144. The number of ether oxygens (including phenoxy) is 2. The summed E-state index contributed by atoms with van der Waals surface area (Å²) >= 11 is 0. The molecule has 0 fully saturated rings. The normalized spacial score (nSPS) is 11.7. The van der Waals surface area contributed by atoms with E-state index in [0.717, 1.165) is 11.3 Å². The molecule has 6 nitrogen and oxygen atoms in total. The molecule has 0 spiro atoms. The smallest absolute Gasteiger partial charge is 0.310 e. The quantitative estimate of drug-likeness (QED) is 0.211. The lowest BCUT2D eigenvalue weighted by Gasteiger charge is -2.16. The van der Waals surface area contributed by atoms with E-state index >= 15 is 0 Å². The van der Waals surface area contributed by atoms with Gasteiger partial charge in [0.1, 0.15) is 12.4 Å². The third-order valence-corrected chi connectivity index (χ3v) is 3.18. The highest BCUT2D eigenvalue weighted by molar-refractivity contribution is 14.0. The van der Waals surface area contributed by atoms with E-state index in [1.165, 1.54) is 7.11 Å². The average Bonchev–Trinajstić information content (AvgIpc) is 2.59. The van der Waals surface area contributed by atoms with Crippen LogP contribution in [0.5, 0.6) is 5.75 Å². The van der Waals surface area contributed by atoms with Gasteiger partial charge in [-0.05, 0) is 6.07 Å². The fourth-order valence-electron chi connectivity index (χ4n) is 1.87. The van der Waals surface area contributed by atoms with Crippen LogP contribution in [-0.2, 0) is 16.1 Å². The Kier molecular flexibility index (Phi) is 11.7. The van der Waals surface area contributed by atoms with Crippen LogP contribution in [0.3, 0.4) is 0 Å². The number of nitrogens with one attached hydrogen (secondary N) is 2. The Bertz CT molecular complexity index is 550. The third-order valence-electron chi connectivity index (χ3n) is 3.18. The summed E-state index contributed by atoms with van der Waals surface area (Å²) < 4.78 is 10.3. The van der Waals surface area contributed by atoms with Crippen molar-refractivity contribution in [3.63, 3.8) is 0 Å². The van der Waals surface area contributed by atoms with Gasteiger partial charge in [0.2, 0.25) is 0 Å². The maximum absolute atomic E-state index is 11.4. The number of halogens is 1. The highest BCUT2D eigenvalue weighted by Crippen LogP contribution is 2.17. The molecule has 1 unspecified atom stereocenters. The first kappa shape index (κ1) is 22.2. The molecule has 0 amide bonds. The van der Waals surface area contributed by atoms with Crippen molar-refractivity contribution < 1.29 is 14.3 Å². The second kappa shape index (κ2) is 12.6. The summed E-state index contributed by atoms with van der Waals surface area (Å²) in [5.41, 5.74) is 1.01. The fourth-order valence-corrected chi connectivity index (χ4v) is 1.87. The van der Waals surface area contributed by atoms with Gasteiger partial charge in [0, 0.05) is 25.7 Å². The van der Waals surface area contributed by atoms with Gasteiger partial charge >= 0.3 is 5.97 Å². The van der Waals surface area contributed by atoms with E-state index in [-0.39, 0.29) is 35.9 Å². The molecule has 0 aromatic heterocycles. The lowest BCUT2D eigenvalue weighted by Crippen LogP contribution is -2.40. The van der Waals surface area contributed by atoms with Crippen molar-refractivity contribution in [2.45, 2.75) is 13.5 Å². The minimum atomic E-state index is -0.254. The van der Waals surface area contributed by atoms with Gasteiger partial charge in [-0.25, -0.2) is 0 Å². The van der Waals surface area contributed by atoms with Crippen molar-refractivity contribution in [1.82, 2.24) is 10.6 Å². The van der Waals surface area contributed by atoms with Gasteiger partial charge in [0.15, 0.2) is 5.96 Å². The van der Waals surface area contributed by atoms with Crippen LogP contribution in [0.1, 0.15) is 12.5 Å². The van der Waals surface area contributed by atoms with E-state index in [0.29, 0.717) is 25.7 Å². The summed E-state index contributed by atoms with van der Waals surface area (Å²) in [6, 6.07) is 7.77. The molecule has 0 saturated heterocycles. The lowest BCUT2D eigenvalue weighted by atomic mass is 10.2. The van der Waals surface area contributed by atoms with E-state index in [1.54, 1.807) is 20.0 Å². The van der Waals surface area contributed by atoms with Crippen molar-refractivity contribution >= 4 is 35.9 Å². The zero-order valence-corrected chi connectivity index (χ0v) is 16.7. The van der Waals surface area contributed by atoms with Crippen LogP contribution >= 0.6 is 24.0 Å². The maximum Gasteiger partial charge on any atom is 0.310 e. The number of methoxy groups -OCH3 is 1. The monoisotopic (exact) mass is 447 g/mol. The van der Waals surface area contributed by atoms with Crippen LogP contribution in [-0.4, -0.2) is 39.2 Å². The molecular formula is C17H26IN3O3. The Hall–Kier alpha value is -1.77. The fraction of sp³-hybridized carbons (Fsp3) is 0.412. The Morgan fingerprint density at radius 3 is 2.71 bits per heavy atom. The van der Waals surface area contributed by atoms with Crippen LogP contribution in [0, 0.1) is 5.92 Å². The van der Waals surface area contributed by atoms with Crippen molar-refractivity contribution in [1.29, 1.82) is 0 Å². The highest BCUT2D eigenvalue weighted by atomic mass is 127. The van der Waals surface area contributed by atoms with Crippen LogP contribution in [0.2, 0.25) is 0 Å². The first-order chi connectivity index (χ1) is 11.1. The van der Waals surface area contributed by atoms with Crippen molar-refractivity contribution in [2.24, 2.45) is 10.9 Å². The molecule has 0 heterocycles. The molecule has 1 rings (SSSR count). The number of benzene rings is 1. The zero-order chi connectivity index (χ0) is 17.1. The molecule has 0 aliphatic heterocycles. The number of carbonyl (C=O) groups is 1. The van der Waals surface area contributed by atoms with Crippen LogP contribution < -0.4 is 15.4 Å². The van der Waals surface area contributed by atoms with Gasteiger partial charge in [-0.2, -0.15) is 0 Å². The molecule has 134 valence electrons. The number of para-hydroxylation sites is 1. The number of carbonyl (C=O) groups excluding carboxylic acids is 1. The summed E-state index contributed by atoms with van der Waals surface area (Å²) in [5, 5.41) is 6.29. The van der Waals surface area contributed by atoms with Gasteiger partial charge in [0.25, 0.3) is 0 Å². The van der Waals surface area contributed by atoms with Gasteiger partial charge in [0.05, 0.1) is 13.0 Å².